The number of urea groups is 1. The van der Waals surface area contributed by atoms with Crippen molar-refractivity contribution in [2.45, 2.75) is 18.8 Å². The molecule has 5 amide bonds. The molecule has 1 unspecified atom stereocenters. The lowest BCUT2D eigenvalue weighted by molar-refractivity contribution is -0.145. The summed E-state index contributed by atoms with van der Waals surface area (Å²) >= 11 is 0. The van der Waals surface area contributed by atoms with Crippen molar-refractivity contribution in [2.75, 3.05) is 26.2 Å². The van der Waals surface area contributed by atoms with Gasteiger partial charge in [0.25, 0.3) is 0 Å². The Hall–Kier alpha value is -5.00. The second-order valence-electron chi connectivity index (χ2n) is 9.47. The first kappa shape index (κ1) is 30.0. The highest BCUT2D eigenvalue weighted by molar-refractivity contribution is 5.98. The van der Waals surface area contributed by atoms with Crippen LogP contribution in [0.2, 0.25) is 0 Å². The number of amides is 5. The average molecular weight is 571 g/mol. The monoisotopic (exact) mass is 570 g/mol. The lowest BCUT2D eigenvalue weighted by Crippen LogP contribution is -2.55. The van der Waals surface area contributed by atoms with E-state index in [1.165, 1.54) is 12.3 Å². The van der Waals surface area contributed by atoms with Crippen molar-refractivity contribution in [3.63, 3.8) is 0 Å². The number of carbonyl (C=O) groups excluding carboxylic acids is 4. The Morgan fingerprint density at radius 3 is 2.07 bits per heavy atom. The van der Waals surface area contributed by atoms with Crippen LogP contribution in [-0.2, 0) is 20.9 Å². The van der Waals surface area contributed by atoms with E-state index >= 15 is 0 Å². The van der Waals surface area contributed by atoms with Gasteiger partial charge in [-0.25, -0.2) is 9.59 Å². The molecule has 42 heavy (non-hydrogen) atoms. The van der Waals surface area contributed by atoms with Gasteiger partial charge >= 0.3 is 12.1 Å². The van der Waals surface area contributed by atoms with Crippen LogP contribution in [0.3, 0.4) is 0 Å². The Labute approximate surface area is 244 Å². The molecule has 3 aromatic rings. The molecule has 0 radical (unpaired) electrons. The van der Waals surface area contributed by atoms with Crippen molar-refractivity contribution >= 4 is 23.9 Å². The Balaban J connectivity index is 1.38. The lowest BCUT2D eigenvalue weighted by atomic mass is 10.0. The van der Waals surface area contributed by atoms with Gasteiger partial charge in [-0.3, -0.25) is 24.7 Å². The summed E-state index contributed by atoms with van der Waals surface area (Å²) in [6, 6.07) is 27.1. The first-order chi connectivity index (χ1) is 20.4. The number of hydrogen-bond donors (Lipinski definition) is 4. The van der Waals surface area contributed by atoms with Crippen molar-refractivity contribution in [3.05, 3.63) is 120 Å². The molecule has 0 spiro atoms. The number of alkyl carbamates (subject to hydrolysis) is 1. The highest BCUT2D eigenvalue weighted by atomic mass is 16.6. The number of carbonyl (C=O) groups is 4. The first-order valence-electron chi connectivity index (χ1n) is 13.5. The maximum atomic E-state index is 13.2. The summed E-state index contributed by atoms with van der Waals surface area (Å²) in [5, 5.41) is 8.14. The molecule has 0 saturated heterocycles. The Bertz CT molecular complexity index is 1330. The minimum atomic E-state index is -0.869. The van der Waals surface area contributed by atoms with Crippen molar-refractivity contribution < 1.29 is 23.9 Å². The number of nitrogens with zero attached hydrogens (tertiary/aromatic N) is 2. The van der Waals surface area contributed by atoms with Gasteiger partial charge in [0.1, 0.15) is 12.7 Å². The van der Waals surface area contributed by atoms with Gasteiger partial charge in [0.05, 0.1) is 13.1 Å². The number of hydrogen-bond acceptors (Lipinski definition) is 7. The van der Waals surface area contributed by atoms with Crippen LogP contribution >= 0.6 is 0 Å². The molecule has 11 nitrogen and oxygen atoms in total. The summed E-state index contributed by atoms with van der Waals surface area (Å²) in [4.78, 5) is 54.0. The number of imide groups is 1. The third-order valence-electron chi connectivity index (χ3n) is 6.39. The summed E-state index contributed by atoms with van der Waals surface area (Å²) in [5.74, 6) is -0.995. The molecule has 1 aliphatic heterocycles. The van der Waals surface area contributed by atoms with Crippen molar-refractivity contribution in [3.8, 4) is 0 Å². The van der Waals surface area contributed by atoms with Crippen LogP contribution in [0.1, 0.15) is 22.8 Å². The van der Waals surface area contributed by atoms with Crippen LogP contribution in [0.15, 0.2) is 103 Å². The molecule has 0 aromatic heterocycles. The molecule has 0 saturated carbocycles. The second kappa shape index (κ2) is 15.1. The van der Waals surface area contributed by atoms with Crippen molar-refractivity contribution in [1.82, 2.24) is 25.8 Å². The molecule has 0 aliphatic carbocycles. The largest absolute Gasteiger partial charge is 0.436 e. The topological polar surface area (TPSA) is 146 Å². The van der Waals surface area contributed by atoms with Crippen LogP contribution in [0, 0.1) is 0 Å². The molecule has 218 valence electrons. The van der Waals surface area contributed by atoms with E-state index in [0.29, 0.717) is 13.1 Å². The van der Waals surface area contributed by atoms with Crippen LogP contribution in [0.25, 0.3) is 0 Å². The van der Waals surface area contributed by atoms with Gasteiger partial charge in [-0.1, -0.05) is 91.0 Å². The molecule has 5 N–H and O–H groups in total. The second-order valence-corrected chi connectivity index (χ2v) is 9.47. The first-order valence-corrected chi connectivity index (χ1v) is 13.5. The minimum absolute atomic E-state index is 0.0575. The summed E-state index contributed by atoms with van der Waals surface area (Å²) in [5.41, 5.74) is 7.83. The van der Waals surface area contributed by atoms with E-state index in [9.17, 15) is 19.2 Å². The highest BCUT2D eigenvalue weighted by Crippen LogP contribution is 2.26. The Morgan fingerprint density at radius 1 is 0.905 bits per heavy atom. The van der Waals surface area contributed by atoms with Gasteiger partial charge in [0.2, 0.25) is 11.8 Å². The van der Waals surface area contributed by atoms with E-state index in [2.05, 4.69) is 16.0 Å². The van der Waals surface area contributed by atoms with E-state index in [0.717, 1.165) is 26.5 Å². The predicted molar refractivity (Wildman–Crippen MR) is 156 cm³/mol. The maximum Gasteiger partial charge on any atom is 0.409 e. The normalized spacial score (nSPS) is 14.3. The summed E-state index contributed by atoms with van der Waals surface area (Å²) in [6.45, 7) is 0.380. The quantitative estimate of drug-likeness (QED) is 0.245. The number of ether oxygens (including phenoxy) is 1. The highest BCUT2D eigenvalue weighted by Gasteiger charge is 2.29. The van der Waals surface area contributed by atoms with E-state index in [1.807, 2.05) is 91.0 Å². The zero-order valence-corrected chi connectivity index (χ0v) is 23.0. The number of nitrogens with two attached hydrogens (primary N) is 1. The molecular weight excluding hydrogens is 536 g/mol. The van der Waals surface area contributed by atoms with Crippen molar-refractivity contribution in [1.29, 1.82) is 0 Å². The molecule has 0 bridgehead atoms. The van der Waals surface area contributed by atoms with Gasteiger partial charge < -0.3 is 21.1 Å². The molecule has 3 aromatic carbocycles. The lowest BCUT2D eigenvalue weighted by Gasteiger charge is -2.30. The van der Waals surface area contributed by atoms with Crippen LogP contribution in [0.5, 0.6) is 0 Å². The van der Waals surface area contributed by atoms with Crippen LogP contribution in [0.4, 0.5) is 9.59 Å². The number of benzene rings is 3. The van der Waals surface area contributed by atoms with Gasteiger partial charge in [0.15, 0.2) is 6.10 Å². The summed E-state index contributed by atoms with van der Waals surface area (Å²) in [7, 11) is 0. The minimum Gasteiger partial charge on any atom is -0.436 e. The van der Waals surface area contributed by atoms with Crippen molar-refractivity contribution in [2.24, 2.45) is 5.73 Å². The van der Waals surface area contributed by atoms with Crippen LogP contribution in [-0.4, -0.2) is 66.1 Å². The smallest absolute Gasteiger partial charge is 0.409 e. The predicted octanol–water partition coefficient (Wildman–Crippen LogP) is 2.47. The van der Waals surface area contributed by atoms with E-state index in [-0.39, 0.29) is 19.6 Å². The zero-order chi connectivity index (χ0) is 29.7. The average Bonchev–Trinajstić information content (AvgIpc) is 3.01. The molecule has 1 atom stereocenters. The fraction of sp³-hybridized carbons (Fsp3) is 0.226. The molecule has 0 fully saturated rings. The third kappa shape index (κ3) is 8.50. The fourth-order valence-electron chi connectivity index (χ4n) is 4.29. The Kier molecular flexibility index (Phi) is 10.8. The Morgan fingerprint density at radius 2 is 1.50 bits per heavy atom. The third-order valence-corrected chi connectivity index (χ3v) is 6.39. The fourth-order valence-corrected chi connectivity index (χ4v) is 4.29. The van der Waals surface area contributed by atoms with E-state index in [1.54, 1.807) is 0 Å². The maximum absolute atomic E-state index is 13.2. The number of nitrogens with one attached hydrogen (secondary N) is 3. The standard InChI is InChI=1S/C31H34N6O5/c32-17-18-33-20-27(38)37(21-23-10-4-1-5-11-23)28(39)22-36-19-16-26(34-30(36)40)35-31(41)42-29(24-12-6-2-7-13-24)25-14-8-3-9-15-25/h1-16,19,26,29,33H,17-18,20-22,32H2,(H,34,40)(H,35,41). The van der Waals surface area contributed by atoms with Gasteiger partial charge in [-0.05, 0) is 22.8 Å². The molecule has 1 heterocycles. The molecule has 1 aliphatic rings. The summed E-state index contributed by atoms with van der Waals surface area (Å²) < 4.78 is 5.75. The van der Waals surface area contributed by atoms with Gasteiger partial charge in [-0.2, -0.15) is 0 Å². The molecular formula is C31H34N6O5. The molecule has 11 heteroatoms. The van der Waals surface area contributed by atoms with Crippen LogP contribution < -0.4 is 21.7 Å². The number of rotatable bonds is 12. The van der Waals surface area contributed by atoms with E-state index < -0.39 is 36.2 Å². The SMILES string of the molecule is NCCNCC(=O)N(Cc1ccccc1)C(=O)CN1C=CC(NC(=O)OC(c2ccccc2)c2ccccc2)NC1=O. The van der Waals surface area contributed by atoms with E-state index in [4.69, 9.17) is 10.5 Å². The van der Waals surface area contributed by atoms with Gasteiger partial charge in [0, 0.05) is 19.3 Å². The summed E-state index contributed by atoms with van der Waals surface area (Å²) in [6.07, 6.45) is 0.646. The molecule has 4 rings (SSSR count). The zero-order valence-electron chi connectivity index (χ0n) is 23.0. The van der Waals surface area contributed by atoms with Gasteiger partial charge in [-0.15, -0.1) is 0 Å².